The second-order valence-corrected chi connectivity index (χ2v) is 7.69. The van der Waals surface area contributed by atoms with Crippen LogP contribution in [0.3, 0.4) is 0 Å². The molecule has 0 radical (unpaired) electrons. The van der Waals surface area contributed by atoms with Crippen molar-refractivity contribution < 1.29 is 18.3 Å². The molecule has 2 aliphatic heterocycles. The van der Waals surface area contributed by atoms with Crippen molar-refractivity contribution in [2.75, 3.05) is 39.4 Å². The van der Waals surface area contributed by atoms with Crippen molar-refractivity contribution >= 4 is 5.78 Å². The molecule has 154 valence electrons. The van der Waals surface area contributed by atoms with Gasteiger partial charge >= 0.3 is 0 Å². The zero-order valence-electron chi connectivity index (χ0n) is 16.3. The molecule has 4 rings (SSSR count). The lowest BCUT2D eigenvalue weighted by Gasteiger charge is -2.48. The summed E-state index contributed by atoms with van der Waals surface area (Å²) in [6.07, 6.45) is 2.94. The van der Waals surface area contributed by atoms with Crippen molar-refractivity contribution in [3.63, 3.8) is 0 Å². The maximum atomic E-state index is 14.0. The molecule has 0 N–H and O–H groups in total. The Morgan fingerprint density at radius 3 is 2.48 bits per heavy atom. The molecular weight excluding hydrogens is 376 g/mol. The zero-order chi connectivity index (χ0) is 20.3. The van der Waals surface area contributed by atoms with E-state index in [1.165, 1.54) is 12.1 Å². The molecule has 2 aliphatic rings. The van der Waals surface area contributed by atoms with E-state index < -0.39 is 17.2 Å². The number of aromatic nitrogens is 1. The number of ether oxygens (including phenoxy) is 1. The maximum absolute atomic E-state index is 14.0. The molecule has 0 amide bonds. The number of nitrogens with zero attached hydrogens (tertiary/aromatic N) is 3. The van der Waals surface area contributed by atoms with E-state index in [0.29, 0.717) is 56.9 Å². The van der Waals surface area contributed by atoms with Gasteiger partial charge in [0.15, 0.2) is 0 Å². The number of carbonyl (C=O) groups is 1. The highest BCUT2D eigenvalue weighted by molar-refractivity contribution is 6.01. The van der Waals surface area contributed by atoms with Gasteiger partial charge in [0.2, 0.25) is 5.78 Å². The molecular formula is C22H25F2N3O2. The third-order valence-electron chi connectivity index (χ3n) is 6.03. The van der Waals surface area contributed by atoms with Gasteiger partial charge in [0.1, 0.15) is 17.3 Å². The molecule has 0 unspecified atom stereocenters. The molecule has 0 atom stereocenters. The van der Waals surface area contributed by atoms with Crippen LogP contribution in [0.15, 0.2) is 42.6 Å². The largest absolute Gasteiger partial charge is 0.381 e. The summed E-state index contributed by atoms with van der Waals surface area (Å²) in [5, 5.41) is 0. The van der Waals surface area contributed by atoms with Crippen LogP contribution >= 0.6 is 0 Å². The number of halogens is 2. The van der Waals surface area contributed by atoms with Gasteiger partial charge in [-0.15, -0.1) is 0 Å². The van der Waals surface area contributed by atoms with E-state index in [0.717, 1.165) is 19.2 Å². The highest BCUT2D eigenvalue weighted by Gasteiger charge is 2.46. The first-order chi connectivity index (χ1) is 14.1. The van der Waals surface area contributed by atoms with E-state index >= 15 is 0 Å². The fourth-order valence-electron chi connectivity index (χ4n) is 4.36. The predicted molar refractivity (Wildman–Crippen MR) is 105 cm³/mol. The first-order valence-electron chi connectivity index (χ1n) is 10.0. The van der Waals surface area contributed by atoms with Crippen LogP contribution in [0.5, 0.6) is 0 Å². The van der Waals surface area contributed by atoms with Gasteiger partial charge in [0.05, 0.1) is 5.54 Å². The van der Waals surface area contributed by atoms with E-state index in [1.807, 2.05) is 6.07 Å². The van der Waals surface area contributed by atoms with Crippen LogP contribution in [0.25, 0.3) is 0 Å². The summed E-state index contributed by atoms with van der Waals surface area (Å²) in [6, 6.07) is 9.13. The van der Waals surface area contributed by atoms with Crippen LogP contribution in [-0.4, -0.2) is 65.5 Å². The fraction of sp³-hybridized carbons (Fsp3) is 0.455. The molecule has 2 fully saturated rings. The van der Waals surface area contributed by atoms with E-state index in [1.54, 1.807) is 18.3 Å². The molecule has 0 aliphatic carbocycles. The maximum Gasteiger partial charge on any atom is 0.201 e. The Labute approximate surface area is 169 Å². The molecule has 0 bridgehead atoms. The van der Waals surface area contributed by atoms with Crippen molar-refractivity contribution in [2.24, 2.45) is 0 Å². The number of Topliss-reactive ketones (excluding diaryl/α,β-unsaturated/α-hetero) is 1. The number of benzene rings is 1. The molecule has 2 saturated heterocycles. The number of hydrogen-bond donors (Lipinski definition) is 0. The lowest BCUT2D eigenvalue weighted by atomic mass is 9.81. The van der Waals surface area contributed by atoms with Crippen LogP contribution in [-0.2, 0) is 11.3 Å². The summed E-state index contributed by atoms with van der Waals surface area (Å²) in [5.41, 5.74) is 0.384. The Kier molecular flexibility index (Phi) is 5.99. The van der Waals surface area contributed by atoms with E-state index in [4.69, 9.17) is 4.74 Å². The van der Waals surface area contributed by atoms with Gasteiger partial charge in [-0.1, -0.05) is 12.1 Å². The van der Waals surface area contributed by atoms with Crippen LogP contribution in [0, 0.1) is 11.6 Å². The predicted octanol–water partition coefficient (Wildman–Crippen LogP) is 2.91. The summed E-state index contributed by atoms with van der Waals surface area (Å²) in [6.45, 7) is 4.40. The molecule has 1 aromatic heterocycles. The summed E-state index contributed by atoms with van der Waals surface area (Å²) < 4.78 is 32.7. The molecule has 5 nitrogen and oxygen atoms in total. The van der Waals surface area contributed by atoms with E-state index in [2.05, 4.69) is 14.8 Å². The second-order valence-electron chi connectivity index (χ2n) is 7.69. The Morgan fingerprint density at radius 1 is 1.07 bits per heavy atom. The highest BCUT2D eigenvalue weighted by Crippen LogP contribution is 2.32. The van der Waals surface area contributed by atoms with Crippen LogP contribution < -0.4 is 0 Å². The second kappa shape index (κ2) is 8.65. The Bertz CT molecular complexity index is 848. The summed E-state index contributed by atoms with van der Waals surface area (Å²) in [7, 11) is 0. The number of pyridine rings is 1. The van der Waals surface area contributed by atoms with Gasteiger partial charge in [-0.3, -0.25) is 19.6 Å². The Balaban J connectivity index is 1.46. The molecule has 2 aromatic rings. The Hall–Kier alpha value is -2.22. The topological polar surface area (TPSA) is 45.7 Å². The smallest absolute Gasteiger partial charge is 0.201 e. The number of piperazine rings is 1. The number of ketones is 1. The normalized spacial score (nSPS) is 20.5. The zero-order valence-corrected chi connectivity index (χ0v) is 16.3. The third-order valence-corrected chi connectivity index (χ3v) is 6.03. The summed E-state index contributed by atoms with van der Waals surface area (Å²) in [5.74, 6) is -1.02. The van der Waals surface area contributed by atoms with E-state index in [-0.39, 0.29) is 5.78 Å². The number of rotatable bonds is 5. The first-order valence-corrected chi connectivity index (χ1v) is 10.0. The molecule has 0 spiro atoms. The van der Waals surface area contributed by atoms with Gasteiger partial charge in [-0.2, -0.15) is 0 Å². The lowest BCUT2D eigenvalue weighted by Crippen LogP contribution is -2.62. The van der Waals surface area contributed by atoms with Gasteiger partial charge in [-0.05, 0) is 31.0 Å². The van der Waals surface area contributed by atoms with Crippen molar-refractivity contribution in [2.45, 2.75) is 24.9 Å². The number of hydrogen-bond acceptors (Lipinski definition) is 5. The van der Waals surface area contributed by atoms with Crippen LogP contribution in [0.2, 0.25) is 0 Å². The lowest BCUT2D eigenvalue weighted by molar-refractivity contribution is -0.0341. The van der Waals surface area contributed by atoms with Crippen LogP contribution in [0.4, 0.5) is 8.78 Å². The van der Waals surface area contributed by atoms with Crippen molar-refractivity contribution in [3.8, 4) is 0 Å². The quantitative estimate of drug-likeness (QED) is 0.721. The van der Waals surface area contributed by atoms with E-state index in [9.17, 15) is 13.6 Å². The third kappa shape index (κ3) is 4.22. The molecule has 7 heteroatoms. The molecule has 1 aromatic carbocycles. The van der Waals surface area contributed by atoms with Crippen LogP contribution in [0.1, 0.15) is 28.9 Å². The first kappa shape index (κ1) is 20.1. The van der Waals surface area contributed by atoms with Crippen molar-refractivity contribution in [1.29, 1.82) is 0 Å². The SMILES string of the molecule is O=C(c1ccccn1)C1(N2CCN(Cc3ccc(F)cc3F)CC2)CCOCC1. The molecule has 3 heterocycles. The van der Waals surface area contributed by atoms with Gasteiger partial charge in [0.25, 0.3) is 0 Å². The molecule has 0 saturated carbocycles. The highest BCUT2D eigenvalue weighted by atomic mass is 19.1. The monoisotopic (exact) mass is 401 g/mol. The Morgan fingerprint density at radius 2 is 1.83 bits per heavy atom. The minimum atomic E-state index is -0.597. The summed E-state index contributed by atoms with van der Waals surface area (Å²) >= 11 is 0. The van der Waals surface area contributed by atoms with Gasteiger partial charge in [0, 0.05) is 63.8 Å². The van der Waals surface area contributed by atoms with Gasteiger partial charge in [-0.25, -0.2) is 8.78 Å². The minimum absolute atomic E-state index is 0.0550. The van der Waals surface area contributed by atoms with Crippen molar-refractivity contribution in [3.05, 3.63) is 65.5 Å². The molecule has 29 heavy (non-hydrogen) atoms. The average molecular weight is 401 g/mol. The minimum Gasteiger partial charge on any atom is -0.381 e. The summed E-state index contributed by atoms with van der Waals surface area (Å²) in [4.78, 5) is 22.1. The fourth-order valence-corrected chi connectivity index (χ4v) is 4.36. The van der Waals surface area contributed by atoms with Gasteiger partial charge < -0.3 is 4.74 Å². The number of carbonyl (C=O) groups excluding carboxylic acids is 1. The van der Waals surface area contributed by atoms with Crippen molar-refractivity contribution in [1.82, 2.24) is 14.8 Å². The standard InChI is InChI=1S/C22H25F2N3O2/c23-18-5-4-17(19(24)15-18)16-26-9-11-27(12-10-26)22(6-13-29-14-7-22)21(28)20-3-1-2-8-25-20/h1-5,8,15H,6-7,9-14,16H2. The average Bonchev–Trinajstić information content (AvgIpc) is 2.77.